The highest BCUT2D eigenvalue weighted by atomic mass is 79.9. The molecule has 1 unspecified atom stereocenters. The molecule has 0 aliphatic carbocycles. The quantitative estimate of drug-likeness (QED) is 0.855. The molecule has 0 saturated carbocycles. The molecule has 0 fully saturated rings. The molecule has 1 atom stereocenters. The molecule has 0 bridgehead atoms. The van der Waals surface area contributed by atoms with Crippen molar-refractivity contribution in [3.8, 4) is 0 Å². The zero-order valence-corrected chi connectivity index (χ0v) is 13.6. The Kier molecular flexibility index (Phi) is 4.24. The van der Waals surface area contributed by atoms with Crippen LogP contribution in [0, 0.1) is 6.92 Å². The van der Waals surface area contributed by atoms with Crippen molar-refractivity contribution in [2.75, 3.05) is 0 Å². The molecule has 2 aromatic rings. The highest BCUT2D eigenvalue weighted by Gasteiger charge is 2.18. The highest BCUT2D eigenvalue weighted by molar-refractivity contribution is 9.12. The summed E-state index contributed by atoms with van der Waals surface area (Å²) in [4.78, 5) is 16.1. The van der Waals surface area contributed by atoms with Gasteiger partial charge in [0.1, 0.15) is 11.8 Å². The number of oxazole rings is 1. The second-order valence-electron chi connectivity index (χ2n) is 3.74. The van der Waals surface area contributed by atoms with Gasteiger partial charge < -0.3 is 9.73 Å². The van der Waals surface area contributed by atoms with E-state index in [0.29, 0.717) is 11.5 Å². The van der Waals surface area contributed by atoms with Crippen molar-refractivity contribution in [3.63, 3.8) is 0 Å². The van der Waals surface area contributed by atoms with Crippen LogP contribution in [0.5, 0.6) is 0 Å². The molecular weight excluding hydrogens is 384 g/mol. The Bertz CT molecular complexity index is 579. The fourth-order valence-corrected chi connectivity index (χ4v) is 4.20. The smallest absolute Gasteiger partial charge is 0.253 e. The minimum atomic E-state index is -0.267. The Hall–Kier alpha value is -0.660. The maximum Gasteiger partial charge on any atom is 0.253 e. The number of rotatable bonds is 3. The van der Waals surface area contributed by atoms with Crippen LogP contribution < -0.4 is 5.32 Å². The van der Waals surface area contributed by atoms with Gasteiger partial charge in [0.15, 0.2) is 0 Å². The van der Waals surface area contributed by atoms with E-state index in [2.05, 4.69) is 42.2 Å². The van der Waals surface area contributed by atoms with Crippen LogP contribution in [0.25, 0.3) is 0 Å². The number of aryl methyl sites for hydroxylation is 1. The lowest BCUT2D eigenvalue weighted by atomic mass is 10.2. The van der Waals surface area contributed by atoms with Gasteiger partial charge >= 0.3 is 0 Å². The van der Waals surface area contributed by atoms with E-state index in [9.17, 15) is 4.79 Å². The van der Waals surface area contributed by atoms with Gasteiger partial charge in [-0.25, -0.2) is 4.98 Å². The van der Waals surface area contributed by atoms with E-state index in [1.54, 1.807) is 12.3 Å². The second kappa shape index (κ2) is 5.54. The minimum absolute atomic E-state index is 0.160. The summed E-state index contributed by atoms with van der Waals surface area (Å²) in [7, 11) is 0. The molecule has 1 N–H and O–H groups in total. The zero-order valence-electron chi connectivity index (χ0n) is 9.66. The van der Waals surface area contributed by atoms with E-state index in [1.165, 1.54) is 11.3 Å². The lowest BCUT2D eigenvalue weighted by Crippen LogP contribution is -2.26. The third-order valence-corrected chi connectivity index (χ3v) is 4.60. The van der Waals surface area contributed by atoms with Crippen LogP contribution in [0.2, 0.25) is 0 Å². The van der Waals surface area contributed by atoms with Crippen LogP contribution in [0.3, 0.4) is 0 Å². The van der Waals surface area contributed by atoms with Gasteiger partial charge in [-0.1, -0.05) is 0 Å². The lowest BCUT2D eigenvalue weighted by Gasteiger charge is -2.09. The molecule has 0 aliphatic heterocycles. The van der Waals surface area contributed by atoms with Crippen LogP contribution in [-0.4, -0.2) is 10.9 Å². The van der Waals surface area contributed by atoms with Crippen molar-refractivity contribution >= 4 is 49.1 Å². The molecule has 0 aromatic carbocycles. The fraction of sp³-hybridized carbons (Fsp3) is 0.273. The molecule has 0 spiro atoms. The van der Waals surface area contributed by atoms with Gasteiger partial charge in [-0.2, -0.15) is 0 Å². The first-order chi connectivity index (χ1) is 8.47. The number of hydrogen-bond acceptors (Lipinski definition) is 4. The standard InChI is InChI=1S/C11H10Br2N2O2S/c1-5-4-14-11(17-5)6(2)15-10(16)7-3-8(12)18-9(7)13/h3-4,6H,1-2H3,(H,15,16). The first-order valence-electron chi connectivity index (χ1n) is 5.15. The van der Waals surface area contributed by atoms with Crippen molar-refractivity contribution in [2.45, 2.75) is 19.9 Å². The van der Waals surface area contributed by atoms with Crippen molar-refractivity contribution in [1.82, 2.24) is 10.3 Å². The first-order valence-corrected chi connectivity index (χ1v) is 7.55. The maximum atomic E-state index is 12.0. The number of carbonyl (C=O) groups excluding carboxylic acids is 1. The topological polar surface area (TPSA) is 55.1 Å². The molecular formula is C11H10Br2N2O2S. The number of amides is 1. The third-order valence-electron chi connectivity index (χ3n) is 2.26. The van der Waals surface area contributed by atoms with Crippen molar-refractivity contribution < 1.29 is 9.21 Å². The number of carbonyl (C=O) groups is 1. The first kappa shape index (κ1) is 13.8. The average molecular weight is 394 g/mol. The second-order valence-corrected chi connectivity index (χ2v) is 7.49. The molecule has 2 aromatic heterocycles. The van der Waals surface area contributed by atoms with Crippen LogP contribution in [-0.2, 0) is 0 Å². The average Bonchev–Trinajstić information content (AvgIpc) is 2.84. The van der Waals surface area contributed by atoms with E-state index < -0.39 is 0 Å². The minimum Gasteiger partial charge on any atom is -0.444 e. The molecule has 2 rings (SSSR count). The lowest BCUT2D eigenvalue weighted by molar-refractivity contribution is 0.0933. The van der Waals surface area contributed by atoms with Gasteiger partial charge in [-0.05, 0) is 51.8 Å². The summed E-state index contributed by atoms with van der Waals surface area (Å²) in [5.41, 5.74) is 0.599. The van der Waals surface area contributed by atoms with Crippen molar-refractivity contribution in [2.24, 2.45) is 0 Å². The number of hydrogen-bond donors (Lipinski definition) is 1. The monoisotopic (exact) mass is 392 g/mol. The summed E-state index contributed by atoms with van der Waals surface area (Å²) in [5, 5.41) is 2.84. The summed E-state index contributed by atoms with van der Waals surface area (Å²) in [6.07, 6.45) is 1.63. The Balaban J connectivity index is 2.10. The van der Waals surface area contributed by atoms with Crippen LogP contribution in [0.1, 0.15) is 35.0 Å². The van der Waals surface area contributed by atoms with Gasteiger partial charge in [-0.15, -0.1) is 11.3 Å². The van der Waals surface area contributed by atoms with Crippen LogP contribution in [0.4, 0.5) is 0 Å². The maximum absolute atomic E-state index is 12.0. The van der Waals surface area contributed by atoms with E-state index in [4.69, 9.17) is 4.42 Å². The predicted molar refractivity (Wildman–Crippen MR) is 76.8 cm³/mol. The van der Waals surface area contributed by atoms with E-state index in [1.807, 2.05) is 13.8 Å². The number of thiophene rings is 1. The van der Waals surface area contributed by atoms with Crippen molar-refractivity contribution in [3.05, 3.63) is 37.1 Å². The number of aromatic nitrogens is 1. The fourth-order valence-electron chi connectivity index (χ4n) is 1.40. The Labute approximate surface area is 125 Å². The van der Waals surface area contributed by atoms with Crippen LogP contribution >= 0.6 is 43.2 Å². The van der Waals surface area contributed by atoms with Gasteiger partial charge in [0.2, 0.25) is 5.89 Å². The SMILES string of the molecule is Cc1cnc(C(C)NC(=O)c2cc(Br)sc2Br)o1. The largest absolute Gasteiger partial charge is 0.444 e. The van der Waals surface area contributed by atoms with Gasteiger partial charge in [0.25, 0.3) is 5.91 Å². The summed E-state index contributed by atoms with van der Waals surface area (Å²) in [6.45, 7) is 3.65. The Morgan fingerprint density at radius 3 is 2.78 bits per heavy atom. The molecule has 1 amide bonds. The molecule has 0 saturated heterocycles. The molecule has 2 heterocycles. The normalized spacial score (nSPS) is 12.4. The predicted octanol–water partition coefficient (Wildman–Crippen LogP) is 4.06. The number of halogens is 2. The summed E-state index contributed by atoms with van der Waals surface area (Å²) < 4.78 is 7.07. The molecule has 18 heavy (non-hydrogen) atoms. The van der Waals surface area contributed by atoms with Gasteiger partial charge in [0, 0.05) is 0 Å². The summed E-state index contributed by atoms with van der Waals surface area (Å²) in [5.74, 6) is 1.07. The molecule has 7 heteroatoms. The van der Waals surface area contributed by atoms with E-state index in [0.717, 1.165) is 13.3 Å². The van der Waals surface area contributed by atoms with E-state index >= 15 is 0 Å². The van der Waals surface area contributed by atoms with Crippen LogP contribution in [0.15, 0.2) is 24.3 Å². The Morgan fingerprint density at radius 2 is 2.28 bits per heavy atom. The Morgan fingerprint density at radius 1 is 1.56 bits per heavy atom. The van der Waals surface area contributed by atoms with E-state index in [-0.39, 0.29) is 11.9 Å². The highest BCUT2D eigenvalue weighted by Crippen LogP contribution is 2.32. The number of nitrogens with zero attached hydrogens (tertiary/aromatic N) is 1. The molecule has 4 nitrogen and oxygen atoms in total. The molecule has 0 radical (unpaired) electrons. The summed E-state index contributed by atoms with van der Waals surface area (Å²) in [6, 6.07) is 1.51. The third kappa shape index (κ3) is 3.02. The molecule has 96 valence electrons. The summed E-state index contributed by atoms with van der Waals surface area (Å²) >= 11 is 8.16. The zero-order chi connectivity index (χ0) is 13.3. The van der Waals surface area contributed by atoms with Gasteiger partial charge in [-0.3, -0.25) is 4.79 Å². The van der Waals surface area contributed by atoms with Crippen molar-refractivity contribution in [1.29, 1.82) is 0 Å². The van der Waals surface area contributed by atoms with Gasteiger partial charge in [0.05, 0.1) is 19.3 Å². The molecule has 0 aliphatic rings. The number of nitrogens with one attached hydrogen (secondary N) is 1.